The highest BCUT2D eigenvalue weighted by Crippen LogP contribution is 2.72. The van der Waals surface area contributed by atoms with Crippen LogP contribution in [0.4, 0.5) is 0 Å². The molecule has 2 bridgehead atoms. The van der Waals surface area contributed by atoms with Gasteiger partial charge in [0.1, 0.15) is 11.9 Å². The van der Waals surface area contributed by atoms with Crippen LogP contribution in [0.1, 0.15) is 63.6 Å². The zero-order valence-electron chi connectivity index (χ0n) is 23.1. The largest absolute Gasteiger partial charge is 0.504 e. The lowest BCUT2D eigenvalue weighted by atomic mass is 9.49. The van der Waals surface area contributed by atoms with Gasteiger partial charge in [0.2, 0.25) is 11.9 Å². The van der Waals surface area contributed by atoms with E-state index < -0.39 is 52.8 Å². The summed E-state index contributed by atoms with van der Waals surface area (Å²) in [6, 6.07) is 1.57. The Bertz CT molecular complexity index is 1300. The molecule has 39 heavy (non-hydrogen) atoms. The first-order valence-corrected chi connectivity index (χ1v) is 13.3. The van der Waals surface area contributed by atoms with Gasteiger partial charge in [-0.15, -0.1) is 0 Å². The number of aryl methyl sites for hydroxylation is 1. The van der Waals surface area contributed by atoms with Crippen molar-refractivity contribution in [2.24, 2.45) is 11.3 Å². The maximum atomic E-state index is 13.6. The predicted octanol–water partition coefficient (Wildman–Crippen LogP) is 2.85. The van der Waals surface area contributed by atoms with Crippen molar-refractivity contribution in [1.29, 1.82) is 0 Å². The van der Waals surface area contributed by atoms with E-state index in [1.807, 2.05) is 6.92 Å². The Kier molecular flexibility index (Phi) is 6.42. The number of carbonyl (C=O) groups is 2. The third kappa shape index (κ3) is 3.48. The molecule has 0 aromatic heterocycles. The molecule has 2 heterocycles. The summed E-state index contributed by atoms with van der Waals surface area (Å²) in [5.74, 6) is -5.29. The van der Waals surface area contributed by atoms with Crippen LogP contribution in [0.5, 0.6) is 11.5 Å². The van der Waals surface area contributed by atoms with Crippen molar-refractivity contribution in [3.63, 3.8) is 0 Å². The minimum atomic E-state index is -1.97. The minimum Gasteiger partial charge on any atom is -0.504 e. The number of aliphatic hydroxyl groups is 2. The summed E-state index contributed by atoms with van der Waals surface area (Å²) in [7, 11) is 0. The second-order valence-corrected chi connectivity index (χ2v) is 11.0. The smallest absolute Gasteiger partial charge is 0.353 e. The van der Waals surface area contributed by atoms with Crippen LogP contribution in [-0.4, -0.2) is 70.7 Å². The quantitative estimate of drug-likeness (QED) is 0.347. The van der Waals surface area contributed by atoms with Crippen molar-refractivity contribution in [3.8, 4) is 11.5 Å². The van der Waals surface area contributed by atoms with Crippen LogP contribution < -0.4 is 4.74 Å². The van der Waals surface area contributed by atoms with E-state index in [-0.39, 0.29) is 43.5 Å². The van der Waals surface area contributed by atoms with Crippen molar-refractivity contribution in [2.75, 3.05) is 19.8 Å². The molecule has 1 saturated carbocycles. The Morgan fingerprint density at radius 2 is 1.95 bits per heavy atom. The second-order valence-electron chi connectivity index (χ2n) is 11.0. The average Bonchev–Trinajstić information content (AvgIpc) is 3.14. The molecule has 4 aliphatic rings. The molecule has 1 spiro atoms. The number of ether oxygens (including phenoxy) is 5. The van der Waals surface area contributed by atoms with E-state index in [4.69, 9.17) is 23.7 Å². The van der Waals surface area contributed by atoms with Crippen molar-refractivity contribution in [3.05, 3.63) is 40.7 Å². The molecule has 3 N–H and O–H groups in total. The molecule has 1 aromatic rings. The van der Waals surface area contributed by atoms with Gasteiger partial charge in [0.15, 0.2) is 17.1 Å². The maximum absolute atomic E-state index is 13.6. The summed E-state index contributed by atoms with van der Waals surface area (Å²) in [6.45, 7) is 14.6. The topological polar surface area (TPSA) is 141 Å². The number of phenols is 1. The number of phenolic OH excluding ortho intramolecular Hbond substituents is 1. The van der Waals surface area contributed by atoms with Gasteiger partial charge < -0.3 is 39.0 Å². The summed E-state index contributed by atoms with van der Waals surface area (Å²) >= 11 is 0. The lowest BCUT2D eigenvalue weighted by Crippen LogP contribution is -2.65. The number of carbonyl (C=O) groups excluding carboxylic acids is 2. The molecule has 7 atom stereocenters. The highest BCUT2D eigenvalue weighted by Gasteiger charge is 2.78. The van der Waals surface area contributed by atoms with E-state index >= 15 is 0 Å². The summed E-state index contributed by atoms with van der Waals surface area (Å²) in [5.41, 5.74) is -0.321. The molecule has 3 fully saturated rings. The molecule has 2 saturated heterocycles. The van der Waals surface area contributed by atoms with Gasteiger partial charge >= 0.3 is 11.9 Å². The number of esters is 2. The van der Waals surface area contributed by atoms with Gasteiger partial charge in [0.25, 0.3) is 0 Å². The first-order chi connectivity index (χ1) is 18.3. The monoisotopic (exact) mass is 544 g/mol. The van der Waals surface area contributed by atoms with E-state index in [0.717, 1.165) is 0 Å². The van der Waals surface area contributed by atoms with Crippen LogP contribution in [0, 0.1) is 18.3 Å². The van der Waals surface area contributed by atoms with Crippen molar-refractivity contribution in [2.45, 2.75) is 77.5 Å². The van der Waals surface area contributed by atoms with Crippen LogP contribution in [0.25, 0.3) is 5.57 Å². The Hall–Kier alpha value is -2.92. The molecule has 5 rings (SSSR count). The Labute approximate surface area is 227 Å². The molecule has 1 aromatic carbocycles. The van der Waals surface area contributed by atoms with Gasteiger partial charge in [-0.3, -0.25) is 0 Å². The third-order valence-corrected chi connectivity index (χ3v) is 8.78. The Morgan fingerprint density at radius 3 is 2.56 bits per heavy atom. The molecule has 0 amide bonds. The lowest BCUT2D eigenvalue weighted by Gasteiger charge is -2.57. The van der Waals surface area contributed by atoms with Crippen LogP contribution in [0.15, 0.2) is 24.0 Å². The molecular weight excluding hydrogens is 508 g/mol. The summed E-state index contributed by atoms with van der Waals surface area (Å²) in [6.07, 6.45) is -2.55. The lowest BCUT2D eigenvalue weighted by molar-refractivity contribution is -0.249. The fourth-order valence-corrected chi connectivity index (χ4v) is 6.99. The van der Waals surface area contributed by atoms with E-state index in [1.54, 1.807) is 33.8 Å². The number of aromatic hydroxyl groups is 1. The number of benzene rings is 1. The normalized spacial score (nSPS) is 34.2. The van der Waals surface area contributed by atoms with Gasteiger partial charge in [0, 0.05) is 18.1 Å². The maximum Gasteiger partial charge on any atom is 0.353 e. The predicted molar refractivity (Wildman–Crippen MR) is 138 cm³/mol. The van der Waals surface area contributed by atoms with Crippen LogP contribution in [0.3, 0.4) is 0 Å². The summed E-state index contributed by atoms with van der Waals surface area (Å²) < 4.78 is 29.8. The minimum absolute atomic E-state index is 0.0608. The van der Waals surface area contributed by atoms with Crippen molar-refractivity contribution in [1.82, 2.24) is 0 Å². The van der Waals surface area contributed by atoms with E-state index in [2.05, 4.69) is 6.58 Å². The molecule has 10 heteroatoms. The first-order valence-electron chi connectivity index (χ1n) is 13.3. The SMILES string of the molecule is C=C1[C@@H](OCC)[C@]2(O)OC[C@@]34C(=C(C)c5c(C)cc(O)c(OCC)c5[C@@H]23)OC(=O)[C@H](OC(=O)C(C)(O)CC)[C@@H]14. The molecule has 2 aliphatic carbocycles. The van der Waals surface area contributed by atoms with Crippen LogP contribution in [0.2, 0.25) is 0 Å². The third-order valence-electron chi connectivity index (χ3n) is 8.78. The van der Waals surface area contributed by atoms with E-state index in [9.17, 15) is 24.9 Å². The van der Waals surface area contributed by atoms with Crippen molar-refractivity contribution < 1.29 is 48.6 Å². The molecular formula is C29H36O10. The molecule has 10 nitrogen and oxygen atoms in total. The zero-order chi connectivity index (χ0) is 28.7. The molecule has 0 radical (unpaired) electrons. The van der Waals surface area contributed by atoms with E-state index in [0.29, 0.717) is 27.8 Å². The number of allylic oxidation sites excluding steroid dienone is 1. The summed E-state index contributed by atoms with van der Waals surface area (Å²) in [5, 5.41) is 33.8. The summed E-state index contributed by atoms with van der Waals surface area (Å²) in [4.78, 5) is 26.6. The number of fused-ring (bicyclic) bond motifs is 1. The highest BCUT2D eigenvalue weighted by atomic mass is 16.7. The number of hydrogen-bond donors (Lipinski definition) is 3. The van der Waals surface area contributed by atoms with Gasteiger partial charge in [-0.2, -0.15) is 0 Å². The van der Waals surface area contributed by atoms with E-state index in [1.165, 1.54) is 6.92 Å². The van der Waals surface area contributed by atoms with Gasteiger partial charge in [-0.05, 0) is 69.4 Å². The fraction of sp³-hybridized carbons (Fsp3) is 0.586. The fourth-order valence-electron chi connectivity index (χ4n) is 6.99. The Morgan fingerprint density at radius 1 is 1.26 bits per heavy atom. The molecule has 212 valence electrons. The molecule has 2 aliphatic heterocycles. The van der Waals surface area contributed by atoms with Gasteiger partial charge in [0.05, 0.1) is 24.5 Å². The standard InChI is InChI=1S/C29H36O10/c1-8-27(7,33)26(32)38-21-19-15(6)24(36-10-3)29(34)22-18-17(13(4)11-16(30)20(18)35-9-2)14(5)23(39-25(21)31)28(19,22)12-37-29/h11,19,21-22,24,30,33-34H,6,8-10,12H2,1-5,7H3/t19-,21-,22-,24-,27?,28+,29-/m1/s1. The van der Waals surface area contributed by atoms with Gasteiger partial charge in [-0.25, -0.2) is 9.59 Å². The van der Waals surface area contributed by atoms with Crippen LogP contribution >= 0.6 is 0 Å². The number of rotatable bonds is 7. The highest BCUT2D eigenvalue weighted by molar-refractivity contribution is 5.89. The first kappa shape index (κ1) is 27.6. The Balaban J connectivity index is 1.82. The van der Waals surface area contributed by atoms with Crippen LogP contribution in [-0.2, 0) is 28.5 Å². The second kappa shape index (κ2) is 9.05. The average molecular weight is 545 g/mol. The number of hydrogen-bond acceptors (Lipinski definition) is 10. The van der Waals surface area contributed by atoms with Gasteiger partial charge in [-0.1, -0.05) is 13.5 Å². The van der Waals surface area contributed by atoms with Crippen molar-refractivity contribution >= 4 is 17.5 Å². The molecule has 1 unspecified atom stereocenters. The zero-order valence-corrected chi connectivity index (χ0v) is 23.1.